The van der Waals surface area contributed by atoms with Crippen LogP contribution in [0.4, 0.5) is 17.2 Å². The number of aromatic nitrogens is 1. The summed E-state index contributed by atoms with van der Waals surface area (Å²) in [5.74, 6) is -0.672. The van der Waals surface area contributed by atoms with Gasteiger partial charge in [-0.05, 0) is 34.1 Å². The Balaban J connectivity index is 2.39. The number of benzene rings is 1. The summed E-state index contributed by atoms with van der Waals surface area (Å²) in [5, 5.41) is 13.9. The molecule has 0 aliphatic rings. The molecule has 0 spiro atoms. The van der Waals surface area contributed by atoms with E-state index in [0.29, 0.717) is 15.2 Å². The zero-order chi connectivity index (χ0) is 15.6. The minimum Gasteiger partial charge on any atom is -0.384 e. The van der Waals surface area contributed by atoms with Gasteiger partial charge in [-0.15, -0.1) is 0 Å². The van der Waals surface area contributed by atoms with Crippen LogP contribution in [0.1, 0.15) is 10.4 Å². The number of nitro groups is 1. The first-order chi connectivity index (χ1) is 9.90. The van der Waals surface area contributed by atoms with E-state index in [1.54, 1.807) is 18.2 Å². The van der Waals surface area contributed by atoms with E-state index in [4.69, 9.17) is 17.3 Å². The molecule has 0 radical (unpaired) electrons. The highest BCUT2D eigenvalue weighted by Gasteiger charge is 2.22. The Bertz CT molecular complexity index is 738. The van der Waals surface area contributed by atoms with E-state index < -0.39 is 16.5 Å². The molecule has 2 rings (SSSR count). The number of nitrogens with one attached hydrogen (secondary N) is 1. The summed E-state index contributed by atoms with van der Waals surface area (Å²) in [6.45, 7) is 0. The molecule has 2 aromatic rings. The number of carbonyl (C=O) groups excluding carboxylic acids is 1. The van der Waals surface area contributed by atoms with Gasteiger partial charge in [0.05, 0.1) is 20.1 Å². The fourth-order valence-electron chi connectivity index (χ4n) is 1.58. The van der Waals surface area contributed by atoms with Crippen molar-refractivity contribution >= 4 is 50.6 Å². The molecule has 21 heavy (non-hydrogen) atoms. The lowest BCUT2D eigenvalue weighted by molar-refractivity contribution is -0.385. The number of nitrogens with zero attached hydrogens (tertiary/aromatic N) is 2. The second-order valence-corrected chi connectivity index (χ2v) is 5.14. The van der Waals surface area contributed by atoms with Gasteiger partial charge >= 0.3 is 0 Å². The maximum Gasteiger partial charge on any atom is 0.300 e. The largest absolute Gasteiger partial charge is 0.384 e. The van der Waals surface area contributed by atoms with E-state index in [1.807, 2.05) is 0 Å². The molecule has 0 saturated heterocycles. The molecule has 1 heterocycles. The number of rotatable bonds is 3. The quantitative estimate of drug-likeness (QED) is 0.635. The van der Waals surface area contributed by atoms with Crippen LogP contribution in [0.25, 0.3) is 0 Å². The van der Waals surface area contributed by atoms with E-state index in [-0.39, 0.29) is 11.4 Å². The molecule has 0 unspecified atom stereocenters. The molecule has 0 bridgehead atoms. The van der Waals surface area contributed by atoms with Gasteiger partial charge in [0.25, 0.3) is 11.6 Å². The van der Waals surface area contributed by atoms with Crippen molar-refractivity contribution in [3.63, 3.8) is 0 Å². The minimum atomic E-state index is -0.700. The summed E-state index contributed by atoms with van der Waals surface area (Å²) in [6.07, 6.45) is 0.942. The summed E-state index contributed by atoms with van der Waals surface area (Å²) in [5.41, 5.74) is 5.24. The monoisotopic (exact) mass is 370 g/mol. The zero-order valence-electron chi connectivity index (χ0n) is 10.3. The van der Waals surface area contributed by atoms with Crippen LogP contribution in [0.5, 0.6) is 0 Å². The second kappa shape index (κ2) is 6.06. The lowest BCUT2D eigenvalue weighted by Crippen LogP contribution is -2.15. The van der Waals surface area contributed by atoms with E-state index in [2.05, 4.69) is 26.2 Å². The molecule has 0 atom stereocenters. The Morgan fingerprint density at radius 1 is 1.48 bits per heavy atom. The first kappa shape index (κ1) is 15.2. The summed E-state index contributed by atoms with van der Waals surface area (Å²) >= 11 is 9.14. The fourth-order valence-corrected chi connectivity index (χ4v) is 2.12. The smallest absolute Gasteiger partial charge is 0.300 e. The molecule has 9 heteroatoms. The Hall–Kier alpha value is -2.19. The highest BCUT2D eigenvalue weighted by Crippen LogP contribution is 2.31. The Kier molecular flexibility index (Phi) is 4.39. The Morgan fingerprint density at radius 2 is 2.19 bits per heavy atom. The minimum absolute atomic E-state index is 0.0101. The summed E-state index contributed by atoms with van der Waals surface area (Å²) in [7, 11) is 0. The van der Waals surface area contributed by atoms with E-state index in [1.165, 1.54) is 0 Å². The highest BCUT2D eigenvalue weighted by atomic mass is 79.9. The maximum atomic E-state index is 12.2. The molecule has 1 aromatic heterocycles. The van der Waals surface area contributed by atoms with E-state index >= 15 is 0 Å². The Labute approximate surface area is 132 Å². The lowest BCUT2D eigenvalue weighted by atomic mass is 10.2. The summed E-state index contributed by atoms with van der Waals surface area (Å²) in [4.78, 5) is 26.0. The Morgan fingerprint density at radius 3 is 2.86 bits per heavy atom. The summed E-state index contributed by atoms with van der Waals surface area (Å²) < 4.78 is 0.477. The van der Waals surface area contributed by atoms with Crippen LogP contribution in [0, 0.1) is 10.1 Å². The third-order valence-corrected chi connectivity index (χ3v) is 3.94. The number of pyridine rings is 1. The van der Waals surface area contributed by atoms with Gasteiger partial charge in [0.1, 0.15) is 17.6 Å². The normalized spacial score (nSPS) is 10.2. The van der Waals surface area contributed by atoms with Crippen molar-refractivity contribution < 1.29 is 9.72 Å². The first-order valence-corrected chi connectivity index (χ1v) is 6.72. The molecular formula is C12H8BrClN4O3. The molecule has 0 aliphatic carbocycles. The first-order valence-electron chi connectivity index (χ1n) is 5.55. The van der Waals surface area contributed by atoms with Crippen molar-refractivity contribution in [1.82, 2.24) is 4.98 Å². The number of carbonyl (C=O) groups is 1. The van der Waals surface area contributed by atoms with Crippen LogP contribution in [-0.2, 0) is 0 Å². The lowest BCUT2D eigenvalue weighted by Gasteiger charge is -2.09. The number of anilines is 2. The predicted octanol–water partition coefficient (Wildman–Crippen LogP) is 3.24. The second-order valence-electron chi connectivity index (χ2n) is 3.94. The average molecular weight is 372 g/mol. The molecular weight excluding hydrogens is 364 g/mol. The molecule has 108 valence electrons. The van der Waals surface area contributed by atoms with Crippen LogP contribution in [0.3, 0.4) is 0 Å². The molecule has 7 nitrogen and oxygen atoms in total. The van der Waals surface area contributed by atoms with Gasteiger partial charge < -0.3 is 11.1 Å². The number of amides is 1. The SMILES string of the molecule is Nc1cc(C(=O)Nc2cccc(Cl)c2Br)c([N+](=O)[O-])cn1. The van der Waals surface area contributed by atoms with Crippen molar-refractivity contribution in [3.05, 3.63) is 55.6 Å². The fraction of sp³-hybridized carbons (Fsp3) is 0. The van der Waals surface area contributed by atoms with Gasteiger partial charge in [-0.3, -0.25) is 14.9 Å². The van der Waals surface area contributed by atoms with Gasteiger partial charge in [-0.2, -0.15) is 0 Å². The number of nitrogen functional groups attached to an aromatic ring is 1. The third kappa shape index (κ3) is 3.29. The van der Waals surface area contributed by atoms with Gasteiger partial charge in [0, 0.05) is 0 Å². The maximum absolute atomic E-state index is 12.2. The number of halogens is 2. The van der Waals surface area contributed by atoms with Crippen LogP contribution in [0.2, 0.25) is 5.02 Å². The summed E-state index contributed by atoms with van der Waals surface area (Å²) in [6, 6.07) is 6.02. The van der Waals surface area contributed by atoms with Crippen LogP contribution >= 0.6 is 27.5 Å². The van der Waals surface area contributed by atoms with Crippen molar-refractivity contribution in [2.45, 2.75) is 0 Å². The number of nitrogens with two attached hydrogens (primary N) is 1. The van der Waals surface area contributed by atoms with Crippen molar-refractivity contribution in [1.29, 1.82) is 0 Å². The number of hydrogen-bond donors (Lipinski definition) is 2. The standard InChI is InChI=1S/C12H8BrClN4O3/c13-11-7(14)2-1-3-8(11)17-12(19)6-4-10(15)16-5-9(6)18(20)21/h1-5H,(H2,15,16)(H,17,19). The van der Waals surface area contributed by atoms with Crippen LogP contribution in [0.15, 0.2) is 34.9 Å². The van der Waals surface area contributed by atoms with Gasteiger partial charge in [-0.25, -0.2) is 4.98 Å². The predicted molar refractivity (Wildman–Crippen MR) is 82.4 cm³/mol. The van der Waals surface area contributed by atoms with E-state index in [9.17, 15) is 14.9 Å². The average Bonchev–Trinajstić information content (AvgIpc) is 2.43. The molecule has 3 N–H and O–H groups in total. The highest BCUT2D eigenvalue weighted by molar-refractivity contribution is 9.10. The number of hydrogen-bond acceptors (Lipinski definition) is 5. The third-order valence-electron chi connectivity index (χ3n) is 2.55. The van der Waals surface area contributed by atoms with Crippen molar-refractivity contribution in [2.24, 2.45) is 0 Å². The molecule has 1 aromatic carbocycles. The van der Waals surface area contributed by atoms with Gasteiger partial charge in [0.2, 0.25) is 0 Å². The molecule has 0 saturated carbocycles. The van der Waals surface area contributed by atoms with Gasteiger partial charge in [-0.1, -0.05) is 17.7 Å². The van der Waals surface area contributed by atoms with Gasteiger partial charge in [0.15, 0.2) is 0 Å². The topological polar surface area (TPSA) is 111 Å². The van der Waals surface area contributed by atoms with Crippen molar-refractivity contribution in [2.75, 3.05) is 11.1 Å². The van der Waals surface area contributed by atoms with E-state index in [0.717, 1.165) is 12.3 Å². The molecule has 0 aliphatic heterocycles. The van der Waals surface area contributed by atoms with Crippen molar-refractivity contribution in [3.8, 4) is 0 Å². The molecule has 0 fully saturated rings. The van der Waals surface area contributed by atoms with Crippen LogP contribution < -0.4 is 11.1 Å². The molecule has 1 amide bonds. The zero-order valence-corrected chi connectivity index (χ0v) is 12.7. The van der Waals surface area contributed by atoms with Crippen LogP contribution in [-0.4, -0.2) is 15.8 Å².